The van der Waals surface area contributed by atoms with E-state index in [1.807, 2.05) is 0 Å². The van der Waals surface area contributed by atoms with Crippen molar-refractivity contribution in [1.82, 2.24) is 10.3 Å². The molecule has 1 aliphatic heterocycles. The minimum atomic E-state index is -4.72. The lowest BCUT2D eigenvalue weighted by molar-refractivity contribution is -0.140. The molecule has 2 heterocycles. The zero-order valence-electron chi connectivity index (χ0n) is 19.9. The second-order valence-corrected chi connectivity index (χ2v) is 8.65. The number of alkyl halides is 3. The first kappa shape index (κ1) is 26.0. The van der Waals surface area contributed by atoms with Gasteiger partial charge in [-0.2, -0.15) is 13.2 Å². The maximum Gasteiger partial charge on any atom is 0.420 e. The minimum Gasteiger partial charge on any atom is -0.488 e. The molecule has 196 valence electrons. The lowest BCUT2D eigenvalue weighted by atomic mass is 9.99. The van der Waals surface area contributed by atoms with Gasteiger partial charge in [0.2, 0.25) is 0 Å². The number of aromatic amines is 1. The summed E-state index contributed by atoms with van der Waals surface area (Å²) in [5, 5.41) is 7.51. The number of nitrogens with one attached hydrogen (secondary N) is 4. The molecular weight excluding hydrogens is 496 g/mol. The van der Waals surface area contributed by atoms with Crippen LogP contribution >= 0.6 is 0 Å². The molecule has 4 N–H and O–H groups in total. The molecule has 0 spiro atoms. The second-order valence-electron chi connectivity index (χ2n) is 8.65. The smallest absolute Gasteiger partial charge is 0.420 e. The maximum atomic E-state index is 14.7. The molecule has 0 radical (unpaired) electrons. The number of hydrogen-bond acceptors (Lipinski definition) is 5. The van der Waals surface area contributed by atoms with Gasteiger partial charge < -0.3 is 30.4 Å². The van der Waals surface area contributed by atoms with Crippen LogP contribution in [0, 0.1) is 5.82 Å². The molecule has 0 saturated carbocycles. The monoisotopic (exact) mass is 520 g/mol. The zero-order chi connectivity index (χ0) is 26.8. The topological polar surface area (TPSA) is 104 Å². The summed E-state index contributed by atoms with van der Waals surface area (Å²) in [5.74, 6) is -1.06. The van der Waals surface area contributed by atoms with Gasteiger partial charge in [0, 0.05) is 30.5 Å². The van der Waals surface area contributed by atoms with Crippen molar-refractivity contribution < 1.29 is 31.8 Å². The Morgan fingerprint density at radius 2 is 1.81 bits per heavy atom. The normalized spacial score (nSPS) is 14.4. The Labute approximate surface area is 209 Å². The van der Waals surface area contributed by atoms with Gasteiger partial charge in [0.05, 0.1) is 17.9 Å². The van der Waals surface area contributed by atoms with Crippen LogP contribution in [0.3, 0.4) is 0 Å². The lowest BCUT2D eigenvalue weighted by Gasteiger charge is -2.40. The molecule has 8 nitrogen and oxygen atoms in total. The Morgan fingerprint density at radius 1 is 1.05 bits per heavy atom. The molecular formula is C25H24F4N4O4. The maximum absolute atomic E-state index is 14.7. The average Bonchev–Trinajstić information content (AvgIpc) is 2.81. The predicted molar refractivity (Wildman–Crippen MR) is 130 cm³/mol. The summed E-state index contributed by atoms with van der Waals surface area (Å²) in [4.78, 5) is 26.7. The van der Waals surface area contributed by atoms with E-state index in [9.17, 15) is 27.2 Å². The number of hydrogen-bond donors (Lipinski definition) is 4. The van der Waals surface area contributed by atoms with Crippen molar-refractivity contribution >= 4 is 17.4 Å². The number of H-pyrrole nitrogens is 1. The van der Waals surface area contributed by atoms with Crippen LogP contribution in [0.1, 0.15) is 19.4 Å². The first-order valence-electron chi connectivity index (χ1n) is 11.3. The van der Waals surface area contributed by atoms with E-state index < -0.39 is 34.7 Å². The van der Waals surface area contributed by atoms with Gasteiger partial charge in [-0.15, -0.1) is 0 Å². The summed E-state index contributed by atoms with van der Waals surface area (Å²) >= 11 is 0. The van der Waals surface area contributed by atoms with Gasteiger partial charge in [0.25, 0.3) is 5.56 Å². The molecule has 0 bridgehead atoms. The third-order valence-corrected chi connectivity index (χ3v) is 5.62. The molecule has 12 heteroatoms. The highest BCUT2D eigenvalue weighted by Crippen LogP contribution is 2.39. The molecule has 1 fully saturated rings. The van der Waals surface area contributed by atoms with Crippen molar-refractivity contribution in [3.05, 3.63) is 70.4 Å². The Bertz CT molecular complexity index is 1370. The highest BCUT2D eigenvalue weighted by molar-refractivity contribution is 6.00. The number of aromatic nitrogens is 1. The van der Waals surface area contributed by atoms with E-state index in [0.29, 0.717) is 24.2 Å². The van der Waals surface area contributed by atoms with E-state index in [4.69, 9.17) is 9.47 Å². The van der Waals surface area contributed by atoms with Crippen LogP contribution in [0.15, 0.2) is 53.5 Å². The molecule has 2 aromatic carbocycles. The Balaban J connectivity index is 1.48. The van der Waals surface area contributed by atoms with Crippen LogP contribution in [0.5, 0.6) is 11.5 Å². The fourth-order valence-corrected chi connectivity index (χ4v) is 3.71. The Hall–Kier alpha value is -4.06. The number of rotatable bonds is 7. The molecule has 1 aliphatic rings. The van der Waals surface area contributed by atoms with Crippen molar-refractivity contribution in [3.8, 4) is 22.6 Å². The fraction of sp³-hybridized carbons (Fsp3) is 0.280. The third kappa shape index (κ3) is 6.02. The van der Waals surface area contributed by atoms with E-state index >= 15 is 0 Å². The van der Waals surface area contributed by atoms with E-state index in [-0.39, 0.29) is 29.5 Å². The van der Waals surface area contributed by atoms with Crippen molar-refractivity contribution in [2.45, 2.75) is 25.6 Å². The van der Waals surface area contributed by atoms with E-state index in [1.54, 1.807) is 13.8 Å². The van der Waals surface area contributed by atoms with Gasteiger partial charge in [0.15, 0.2) is 5.75 Å². The molecule has 2 amide bonds. The number of pyridine rings is 1. The highest BCUT2D eigenvalue weighted by atomic mass is 19.4. The molecule has 1 saturated heterocycles. The average molecular weight is 520 g/mol. The summed E-state index contributed by atoms with van der Waals surface area (Å²) in [6.45, 7) is 4.50. The van der Waals surface area contributed by atoms with E-state index in [1.165, 1.54) is 30.5 Å². The number of carbonyl (C=O) groups is 1. The molecule has 37 heavy (non-hydrogen) atoms. The van der Waals surface area contributed by atoms with E-state index in [0.717, 1.165) is 18.2 Å². The van der Waals surface area contributed by atoms with Gasteiger partial charge in [-0.05, 0) is 55.8 Å². The number of halogens is 4. The molecule has 0 atom stereocenters. The second kappa shape index (κ2) is 10.1. The Kier molecular flexibility index (Phi) is 7.12. The number of anilines is 2. The predicted octanol–water partition coefficient (Wildman–Crippen LogP) is 4.98. The van der Waals surface area contributed by atoms with Gasteiger partial charge in [-0.1, -0.05) is 6.07 Å². The SMILES string of the molecule is CCOc1cc(-c2ccc(NC(=O)Nc3ccc(OC4(C)CNC4)c(C(F)(F)F)c3)c(F)c2)c[nH]c1=O. The fourth-order valence-electron chi connectivity index (χ4n) is 3.71. The Morgan fingerprint density at radius 3 is 2.43 bits per heavy atom. The van der Waals surface area contributed by atoms with Gasteiger partial charge in [0.1, 0.15) is 17.2 Å². The highest BCUT2D eigenvalue weighted by Gasteiger charge is 2.39. The summed E-state index contributed by atoms with van der Waals surface area (Å²) < 4.78 is 66.4. The van der Waals surface area contributed by atoms with Crippen LogP contribution in [0.2, 0.25) is 0 Å². The lowest BCUT2D eigenvalue weighted by Crippen LogP contribution is -2.61. The summed E-state index contributed by atoms with van der Waals surface area (Å²) in [7, 11) is 0. The van der Waals surface area contributed by atoms with Gasteiger partial charge in [-0.3, -0.25) is 4.79 Å². The molecule has 3 aromatic rings. The standard InChI is InChI=1S/C25H24F4N4O4/c1-3-36-21-9-15(11-31-22(21)34)14-4-6-19(18(26)8-14)33-23(35)32-16-5-7-20(17(10-16)25(27,28)29)37-24(2)12-30-13-24/h4-11,30H,3,12-13H2,1-2H3,(H,31,34)(H2,32,33,35). The number of carbonyl (C=O) groups excluding carboxylic acids is 1. The summed E-state index contributed by atoms with van der Waals surface area (Å²) in [6.07, 6.45) is -3.32. The van der Waals surface area contributed by atoms with Crippen LogP contribution in [-0.4, -0.2) is 36.3 Å². The number of ether oxygens (including phenoxy) is 2. The summed E-state index contributed by atoms with van der Waals surface area (Å²) in [6, 6.07) is 7.63. The molecule has 4 rings (SSSR count). The van der Waals surface area contributed by atoms with E-state index in [2.05, 4.69) is 20.9 Å². The van der Waals surface area contributed by atoms with Gasteiger partial charge >= 0.3 is 12.2 Å². The van der Waals surface area contributed by atoms with Crippen molar-refractivity contribution in [2.75, 3.05) is 30.3 Å². The van der Waals surface area contributed by atoms with Crippen molar-refractivity contribution in [3.63, 3.8) is 0 Å². The molecule has 0 aliphatic carbocycles. The quantitative estimate of drug-likeness (QED) is 0.329. The molecule has 0 unspecified atom stereocenters. The van der Waals surface area contributed by atoms with Crippen LogP contribution < -0.4 is 31.0 Å². The van der Waals surface area contributed by atoms with Crippen LogP contribution in [-0.2, 0) is 6.18 Å². The van der Waals surface area contributed by atoms with Crippen LogP contribution in [0.25, 0.3) is 11.1 Å². The van der Waals surface area contributed by atoms with Crippen LogP contribution in [0.4, 0.5) is 33.7 Å². The summed E-state index contributed by atoms with van der Waals surface area (Å²) in [5.41, 5.74) is -1.69. The number of amides is 2. The number of urea groups is 1. The third-order valence-electron chi connectivity index (χ3n) is 5.62. The largest absolute Gasteiger partial charge is 0.488 e. The minimum absolute atomic E-state index is 0.0788. The van der Waals surface area contributed by atoms with Crippen molar-refractivity contribution in [2.24, 2.45) is 0 Å². The number of benzene rings is 2. The van der Waals surface area contributed by atoms with Crippen molar-refractivity contribution in [1.29, 1.82) is 0 Å². The zero-order valence-corrected chi connectivity index (χ0v) is 19.9. The van der Waals surface area contributed by atoms with Gasteiger partial charge in [-0.25, -0.2) is 9.18 Å². The first-order chi connectivity index (χ1) is 17.5. The first-order valence-corrected chi connectivity index (χ1v) is 11.3. The molecule has 1 aromatic heterocycles.